The highest BCUT2D eigenvalue weighted by molar-refractivity contribution is 5.85. The highest BCUT2D eigenvalue weighted by Crippen LogP contribution is 2.29. The molecule has 0 fully saturated rings. The van der Waals surface area contributed by atoms with Gasteiger partial charge in [-0.2, -0.15) is 0 Å². The Balaban J connectivity index is 1.68. The molecule has 24 heavy (non-hydrogen) atoms. The van der Waals surface area contributed by atoms with E-state index in [0.29, 0.717) is 5.75 Å². The zero-order valence-electron chi connectivity index (χ0n) is 12.9. The SMILES string of the molecule is O=C(NC1(C(=O)O)COc2ccccc2C1)OCc1ccccc1. The van der Waals surface area contributed by atoms with E-state index in [4.69, 9.17) is 9.47 Å². The van der Waals surface area contributed by atoms with E-state index in [-0.39, 0.29) is 19.6 Å². The molecule has 0 spiro atoms. The molecule has 2 aromatic carbocycles. The van der Waals surface area contributed by atoms with Gasteiger partial charge in [0.15, 0.2) is 5.54 Å². The fraction of sp³-hybridized carbons (Fsp3) is 0.222. The number of alkyl carbamates (subject to hydrolysis) is 1. The Labute approximate surface area is 139 Å². The molecule has 3 rings (SSSR count). The number of carboxylic acid groups (broad SMARTS) is 1. The summed E-state index contributed by atoms with van der Waals surface area (Å²) in [6.45, 7) is -0.0837. The quantitative estimate of drug-likeness (QED) is 0.900. The number of hydrogen-bond acceptors (Lipinski definition) is 4. The molecule has 2 aromatic rings. The second kappa shape index (κ2) is 6.62. The summed E-state index contributed by atoms with van der Waals surface area (Å²) in [6.07, 6.45) is -0.650. The van der Waals surface area contributed by atoms with Crippen LogP contribution in [0.2, 0.25) is 0 Å². The Morgan fingerprint density at radius 1 is 1.12 bits per heavy atom. The molecule has 0 bridgehead atoms. The van der Waals surface area contributed by atoms with Gasteiger partial charge < -0.3 is 19.9 Å². The van der Waals surface area contributed by atoms with Gasteiger partial charge in [-0.15, -0.1) is 0 Å². The third kappa shape index (κ3) is 3.32. The maximum absolute atomic E-state index is 12.1. The molecular formula is C18H17NO5. The molecule has 6 nitrogen and oxygen atoms in total. The number of benzene rings is 2. The summed E-state index contributed by atoms with van der Waals surface area (Å²) in [6, 6.07) is 16.3. The van der Waals surface area contributed by atoms with Crippen molar-refractivity contribution in [1.29, 1.82) is 0 Å². The molecule has 0 aliphatic carbocycles. The zero-order valence-corrected chi connectivity index (χ0v) is 12.9. The number of carboxylic acids is 1. The fourth-order valence-electron chi connectivity index (χ4n) is 2.59. The predicted octanol–water partition coefficient (Wildman–Crippen LogP) is 2.37. The van der Waals surface area contributed by atoms with Crippen LogP contribution in [0.4, 0.5) is 4.79 Å². The average molecular weight is 327 g/mol. The van der Waals surface area contributed by atoms with Gasteiger partial charge in [-0.1, -0.05) is 48.5 Å². The predicted molar refractivity (Wildman–Crippen MR) is 85.8 cm³/mol. The van der Waals surface area contributed by atoms with Gasteiger partial charge in [0.05, 0.1) is 0 Å². The minimum Gasteiger partial charge on any atom is -0.490 e. The Morgan fingerprint density at radius 3 is 2.58 bits per heavy atom. The summed E-state index contributed by atoms with van der Waals surface area (Å²) in [5, 5.41) is 12.1. The lowest BCUT2D eigenvalue weighted by atomic mass is 9.89. The van der Waals surface area contributed by atoms with E-state index >= 15 is 0 Å². The number of nitrogens with one attached hydrogen (secondary N) is 1. The third-order valence-electron chi connectivity index (χ3n) is 3.90. The zero-order chi connectivity index (χ0) is 17.0. The number of para-hydroxylation sites is 1. The number of carbonyl (C=O) groups excluding carboxylic acids is 1. The molecule has 1 unspecified atom stereocenters. The van der Waals surface area contributed by atoms with Crippen LogP contribution < -0.4 is 10.1 Å². The summed E-state index contributed by atoms with van der Waals surface area (Å²) in [5.41, 5.74) is 0.0130. The molecule has 1 aliphatic heterocycles. The molecule has 124 valence electrons. The topological polar surface area (TPSA) is 84.9 Å². The minimum absolute atomic E-state index is 0.0693. The minimum atomic E-state index is -1.54. The van der Waals surface area contributed by atoms with Crippen LogP contribution in [0.1, 0.15) is 11.1 Å². The monoisotopic (exact) mass is 327 g/mol. The molecule has 0 saturated heterocycles. The lowest BCUT2D eigenvalue weighted by molar-refractivity contribution is -0.146. The Morgan fingerprint density at radius 2 is 1.83 bits per heavy atom. The van der Waals surface area contributed by atoms with Crippen molar-refractivity contribution in [2.75, 3.05) is 6.61 Å². The number of aliphatic carboxylic acids is 1. The molecule has 6 heteroatoms. The summed E-state index contributed by atoms with van der Waals surface area (Å²) in [4.78, 5) is 23.8. The van der Waals surface area contributed by atoms with Crippen molar-refractivity contribution in [2.24, 2.45) is 0 Å². The van der Waals surface area contributed by atoms with Crippen LogP contribution in [0.25, 0.3) is 0 Å². The summed E-state index contributed by atoms with van der Waals surface area (Å²) < 4.78 is 10.6. The van der Waals surface area contributed by atoms with Gasteiger partial charge in [0.2, 0.25) is 0 Å². The molecule has 1 amide bonds. The van der Waals surface area contributed by atoms with Crippen LogP contribution in [-0.2, 0) is 22.6 Å². The smallest absolute Gasteiger partial charge is 0.408 e. The maximum atomic E-state index is 12.1. The van der Waals surface area contributed by atoms with E-state index in [0.717, 1.165) is 11.1 Å². The second-order valence-electron chi connectivity index (χ2n) is 5.65. The van der Waals surface area contributed by atoms with E-state index in [1.54, 1.807) is 18.2 Å². The maximum Gasteiger partial charge on any atom is 0.408 e. The molecule has 1 heterocycles. The van der Waals surface area contributed by atoms with Crippen molar-refractivity contribution in [3.05, 3.63) is 65.7 Å². The van der Waals surface area contributed by atoms with Gasteiger partial charge in [-0.05, 0) is 17.2 Å². The van der Waals surface area contributed by atoms with Crippen molar-refractivity contribution >= 4 is 12.1 Å². The van der Waals surface area contributed by atoms with E-state index in [9.17, 15) is 14.7 Å². The van der Waals surface area contributed by atoms with Crippen LogP contribution >= 0.6 is 0 Å². The van der Waals surface area contributed by atoms with Crippen LogP contribution in [-0.4, -0.2) is 29.3 Å². The van der Waals surface area contributed by atoms with Gasteiger partial charge in [0.1, 0.15) is 19.0 Å². The summed E-state index contributed by atoms with van der Waals surface area (Å²) in [7, 11) is 0. The number of ether oxygens (including phenoxy) is 2. The van der Waals surface area contributed by atoms with Gasteiger partial charge in [-0.3, -0.25) is 0 Å². The fourth-order valence-corrected chi connectivity index (χ4v) is 2.59. The van der Waals surface area contributed by atoms with Gasteiger partial charge in [0, 0.05) is 6.42 Å². The summed E-state index contributed by atoms with van der Waals surface area (Å²) >= 11 is 0. The number of hydrogen-bond donors (Lipinski definition) is 2. The molecule has 0 radical (unpaired) electrons. The van der Waals surface area contributed by atoms with E-state index in [2.05, 4.69) is 5.32 Å². The molecule has 0 aromatic heterocycles. The standard InChI is InChI=1S/C18H17NO5/c20-16(21)18(10-14-8-4-5-9-15(14)24-12-18)19-17(22)23-11-13-6-2-1-3-7-13/h1-9H,10-12H2,(H,19,22)(H,20,21). The number of amides is 1. The van der Waals surface area contributed by atoms with Gasteiger partial charge in [0.25, 0.3) is 0 Å². The molecular weight excluding hydrogens is 310 g/mol. The van der Waals surface area contributed by atoms with Gasteiger partial charge in [-0.25, -0.2) is 9.59 Å². The average Bonchev–Trinajstić information content (AvgIpc) is 2.60. The Bertz CT molecular complexity index is 746. The Hall–Kier alpha value is -3.02. The van der Waals surface area contributed by atoms with Crippen molar-refractivity contribution in [3.63, 3.8) is 0 Å². The first-order valence-electron chi connectivity index (χ1n) is 7.52. The van der Waals surface area contributed by atoms with Crippen molar-refractivity contribution in [3.8, 4) is 5.75 Å². The lowest BCUT2D eigenvalue weighted by Crippen LogP contribution is -2.61. The van der Waals surface area contributed by atoms with Crippen LogP contribution in [0.5, 0.6) is 5.75 Å². The first kappa shape index (κ1) is 15.9. The van der Waals surface area contributed by atoms with Crippen LogP contribution in [0.15, 0.2) is 54.6 Å². The van der Waals surface area contributed by atoms with Crippen molar-refractivity contribution < 1.29 is 24.2 Å². The molecule has 0 saturated carbocycles. The molecule has 1 atom stereocenters. The summed E-state index contributed by atoms with van der Waals surface area (Å²) in [5.74, 6) is -0.525. The number of fused-ring (bicyclic) bond motifs is 1. The highest BCUT2D eigenvalue weighted by atomic mass is 16.6. The second-order valence-corrected chi connectivity index (χ2v) is 5.65. The van der Waals surface area contributed by atoms with E-state index < -0.39 is 17.6 Å². The van der Waals surface area contributed by atoms with E-state index in [1.165, 1.54) is 0 Å². The largest absolute Gasteiger partial charge is 0.490 e. The first-order chi connectivity index (χ1) is 11.6. The van der Waals surface area contributed by atoms with E-state index in [1.807, 2.05) is 36.4 Å². The van der Waals surface area contributed by atoms with Crippen LogP contribution in [0, 0.1) is 0 Å². The first-order valence-corrected chi connectivity index (χ1v) is 7.52. The normalized spacial score (nSPS) is 18.8. The highest BCUT2D eigenvalue weighted by Gasteiger charge is 2.45. The lowest BCUT2D eigenvalue weighted by Gasteiger charge is -2.34. The molecule has 2 N–H and O–H groups in total. The van der Waals surface area contributed by atoms with Crippen molar-refractivity contribution in [2.45, 2.75) is 18.6 Å². The molecule has 1 aliphatic rings. The third-order valence-corrected chi connectivity index (χ3v) is 3.90. The van der Waals surface area contributed by atoms with Crippen molar-refractivity contribution in [1.82, 2.24) is 5.32 Å². The van der Waals surface area contributed by atoms with Crippen LogP contribution in [0.3, 0.4) is 0 Å². The number of rotatable bonds is 4. The number of carbonyl (C=O) groups is 2. The Kier molecular flexibility index (Phi) is 4.37. The van der Waals surface area contributed by atoms with Gasteiger partial charge >= 0.3 is 12.1 Å².